The Morgan fingerprint density at radius 2 is 1.69 bits per heavy atom. The average Bonchev–Trinajstić information content (AvgIpc) is 3.00. The van der Waals surface area contributed by atoms with Crippen LogP contribution in [0.15, 0.2) is 29.2 Å². The van der Waals surface area contributed by atoms with Crippen molar-refractivity contribution >= 4 is 44.3 Å². The number of sulfonamides is 1. The maximum atomic E-state index is 13.0. The third kappa shape index (κ3) is 5.19. The van der Waals surface area contributed by atoms with Crippen LogP contribution in [-0.4, -0.2) is 62.3 Å². The number of methoxy groups -OCH3 is 1. The van der Waals surface area contributed by atoms with Gasteiger partial charge in [-0.15, -0.1) is 11.3 Å². The Balaban J connectivity index is 1.53. The predicted octanol–water partition coefficient (Wildman–Crippen LogP) is 2.79. The van der Waals surface area contributed by atoms with Crippen LogP contribution in [0, 0.1) is 0 Å². The Morgan fingerprint density at radius 1 is 1.03 bits per heavy atom. The van der Waals surface area contributed by atoms with Crippen molar-refractivity contribution in [2.45, 2.75) is 43.5 Å². The van der Waals surface area contributed by atoms with Crippen molar-refractivity contribution in [1.82, 2.24) is 9.21 Å². The number of ether oxygens (including phenoxy) is 1. The molecule has 35 heavy (non-hydrogen) atoms. The van der Waals surface area contributed by atoms with E-state index >= 15 is 0 Å². The highest BCUT2D eigenvalue weighted by atomic mass is 32.2. The van der Waals surface area contributed by atoms with Gasteiger partial charge in [0.15, 0.2) is 0 Å². The number of primary amides is 1. The van der Waals surface area contributed by atoms with Crippen molar-refractivity contribution in [3.05, 3.63) is 45.8 Å². The Bertz CT molecular complexity index is 1230. The monoisotopic (exact) mass is 520 g/mol. The number of fused-ring (bicyclic) bond motifs is 1. The number of carbonyl (C=O) groups is 3. The Kier molecular flexibility index (Phi) is 7.43. The lowest BCUT2D eigenvalue weighted by atomic mass is 10.0. The summed E-state index contributed by atoms with van der Waals surface area (Å²) in [6.07, 6.45) is 3.66. The van der Waals surface area contributed by atoms with Gasteiger partial charge in [0.1, 0.15) is 5.00 Å². The van der Waals surface area contributed by atoms with Gasteiger partial charge in [0, 0.05) is 30.1 Å². The summed E-state index contributed by atoms with van der Waals surface area (Å²) in [5, 5.41) is 3.04. The molecule has 3 N–H and O–H groups in total. The van der Waals surface area contributed by atoms with E-state index in [-0.39, 0.29) is 22.6 Å². The van der Waals surface area contributed by atoms with E-state index in [9.17, 15) is 22.8 Å². The normalized spacial score (nSPS) is 16.8. The van der Waals surface area contributed by atoms with Gasteiger partial charge in [0.25, 0.3) is 11.8 Å². The minimum absolute atomic E-state index is 0.142. The van der Waals surface area contributed by atoms with Crippen molar-refractivity contribution in [1.29, 1.82) is 0 Å². The van der Waals surface area contributed by atoms with E-state index in [0.29, 0.717) is 31.1 Å². The second kappa shape index (κ2) is 10.3. The molecule has 2 aliphatic heterocycles. The molecule has 1 aromatic carbocycles. The first kappa shape index (κ1) is 25.1. The van der Waals surface area contributed by atoms with E-state index in [1.165, 1.54) is 51.9 Å². The fourth-order valence-electron chi connectivity index (χ4n) is 4.42. The van der Waals surface area contributed by atoms with Gasteiger partial charge in [0.2, 0.25) is 10.0 Å². The Hall–Kier alpha value is -2.96. The number of thiophene rings is 1. The van der Waals surface area contributed by atoms with Crippen LogP contribution in [0.25, 0.3) is 0 Å². The Morgan fingerprint density at radius 3 is 2.29 bits per heavy atom. The molecule has 2 aromatic rings. The molecule has 0 atom stereocenters. The highest BCUT2D eigenvalue weighted by Crippen LogP contribution is 2.37. The fourth-order valence-corrected chi connectivity index (χ4v) is 7.20. The zero-order chi connectivity index (χ0) is 25.2. The van der Waals surface area contributed by atoms with Crippen LogP contribution >= 0.6 is 11.3 Å². The lowest BCUT2D eigenvalue weighted by molar-refractivity contribution is 0.0999. The van der Waals surface area contributed by atoms with E-state index < -0.39 is 27.9 Å². The van der Waals surface area contributed by atoms with Crippen molar-refractivity contribution in [3.63, 3.8) is 0 Å². The van der Waals surface area contributed by atoms with Gasteiger partial charge < -0.3 is 20.7 Å². The van der Waals surface area contributed by atoms with Crippen molar-refractivity contribution in [3.8, 4) is 0 Å². The minimum Gasteiger partial charge on any atom is -0.453 e. The molecule has 1 fully saturated rings. The maximum absolute atomic E-state index is 13.0. The summed E-state index contributed by atoms with van der Waals surface area (Å²) in [6, 6.07) is 5.77. The summed E-state index contributed by atoms with van der Waals surface area (Å²) >= 11 is 1.19. The largest absolute Gasteiger partial charge is 0.453 e. The number of amides is 3. The lowest BCUT2D eigenvalue weighted by Gasteiger charge is -2.25. The fraction of sp³-hybridized carbons (Fsp3) is 0.435. The summed E-state index contributed by atoms with van der Waals surface area (Å²) in [5.74, 6) is -1.15. The molecule has 0 radical (unpaired) electrons. The molecule has 0 saturated carbocycles. The first-order valence-corrected chi connectivity index (χ1v) is 13.7. The molecule has 0 aliphatic carbocycles. The van der Waals surface area contributed by atoms with Crippen LogP contribution in [0.1, 0.15) is 56.8 Å². The molecule has 3 heterocycles. The first-order valence-electron chi connectivity index (χ1n) is 11.4. The second-order valence-electron chi connectivity index (χ2n) is 8.51. The molecule has 0 bridgehead atoms. The standard InChI is InChI=1S/C23H28N4O6S2/c1-33-23(30)26-13-10-17-18(14-26)34-22(19(17)20(24)28)25-21(29)15-6-8-16(9-7-15)35(31,32)27-11-4-2-3-5-12-27/h6-9H,2-5,10-14H2,1H3,(H2,24,28)(H,25,29). The van der Waals surface area contributed by atoms with E-state index in [4.69, 9.17) is 10.5 Å². The molecular weight excluding hydrogens is 492 g/mol. The van der Waals surface area contributed by atoms with E-state index in [2.05, 4.69) is 5.32 Å². The van der Waals surface area contributed by atoms with Gasteiger partial charge in [-0.1, -0.05) is 12.8 Å². The number of nitrogens with zero attached hydrogens (tertiary/aromatic N) is 2. The molecule has 0 spiro atoms. The zero-order valence-corrected chi connectivity index (χ0v) is 21.0. The number of nitrogens with two attached hydrogens (primary N) is 1. The second-order valence-corrected chi connectivity index (χ2v) is 11.6. The predicted molar refractivity (Wildman–Crippen MR) is 131 cm³/mol. The van der Waals surface area contributed by atoms with Gasteiger partial charge in [-0.05, 0) is 49.1 Å². The number of benzene rings is 1. The molecule has 4 rings (SSSR count). The molecule has 10 nitrogen and oxygen atoms in total. The van der Waals surface area contributed by atoms with Gasteiger partial charge in [0.05, 0.1) is 24.1 Å². The number of hydrogen-bond acceptors (Lipinski definition) is 7. The highest BCUT2D eigenvalue weighted by molar-refractivity contribution is 7.89. The molecule has 188 valence electrons. The topological polar surface area (TPSA) is 139 Å². The van der Waals surface area contributed by atoms with Crippen LogP contribution in [0.2, 0.25) is 0 Å². The summed E-state index contributed by atoms with van der Waals surface area (Å²) in [6.45, 7) is 1.62. The molecule has 3 amide bonds. The minimum atomic E-state index is -3.62. The smallest absolute Gasteiger partial charge is 0.409 e. The van der Waals surface area contributed by atoms with Crippen LogP contribution in [0.5, 0.6) is 0 Å². The zero-order valence-electron chi connectivity index (χ0n) is 19.4. The van der Waals surface area contributed by atoms with Crippen LogP contribution in [0.3, 0.4) is 0 Å². The van der Waals surface area contributed by atoms with Crippen molar-refractivity contribution < 1.29 is 27.5 Å². The highest BCUT2D eigenvalue weighted by Gasteiger charge is 2.30. The number of carbonyl (C=O) groups excluding carboxylic acids is 3. The van der Waals surface area contributed by atoms with Gasteiger partial charge in [-0.25, -0.2) is 13.2 Å². The number of hydrogen-bond donors (Lipinski definition) is 2. The van der Waals surface area contributed by atoms with Crippen LogP contribution < -0.4 is 11.1 Å². The van der Waals surface area contributed by atoms with Crippen LogP contribution in [-0.2, 0) is 27.7 Å². The molecule has 1 saturated heterocycles. The molecule has 12 heteroatoms. The maximum Gasteiger partial charge on any atom is 0.409 e. The number of anilines is 1. The Labute approximate surface area is 208 Å². The molecular formula is C23H28N4O6S2. The van der Waals surface area contributed by atoms with Crippen LogP contribution in [0.4, 0.5) is 9.80 Å². The first-order chi connectivity index (χ1) is 16.7. The summed E-state index contributed by atoms with van der Waals surface area (Å²) < 4.78 is 32.2. The number of nitrogens with one attached hydrogen (secondary N) is 1. The molecule has 2 aliphatic rings. The SMILES string of the molecule is COC(=O)N1CCc2c(sc(NC(=O)c3ccc(S(=O)(=O)N4CCCCCC4)cc3)c2C(N)=O)C1. The number of rotatable bonds is 5. The van der Waals surface area contributed by atoms with Crippen molar-refractivity contribution in [2.75, 3.05) is 32.1 Å². The van der Waals surface area contributed by atoms with E-state index in [1.807, 2.05) is 0 Å². The molecule has 0 unspecified atom stereocenters. The van der Waals surface area contributed by atoms with Gasteiger partial charge in [-0.2, -0.15) is 4.31 Å². The third-order valence-electron chi connectivity index (χ3n) is 6.28. The third-order valence-corrected chi connectivity index (χ3v) is 9.33. The summed E-state index contributed by atoms with van der Waals surface area (Å²) in [5.41, 5.74) is 6.81. The van der Waals surface area contributed by atoms with E-state index in [0.717, 1.165) is 36.1 Å². The van der Waals surface area contributed by atoms with Gasteiger partial charge >= 0.3 is 6.09 Å². The average molecular weight is 521 g/mol. The molecule has 1 aromatic heterocycles. The quantitative estimate of drug-likeness (QED) is 0.622. The van der Waals surface area contributed by atoms with Crippen molar-refractivity contribution in [2.24, 2.45) is 5.73 Å². The lowest BCUT2D eigenvalue weighted by Crippen LogP contribution is -2.35. The van der Waals surface area contributed by atoms with E-state index in [1.54, 1.807) is 0 Å². The summed E-state index contributed by atoms with van der Waals surface area (Å²) in [4.78, 5) is 39.4. The summed E-state index contributed by atoms with van der Waals surface area (Å²) in [7, 11) is -2.32. The van der Waals surface area contributed by atoms with Gasteiger partial charge in [-0.3, -0.25) is 9.59 Å².